The molecule has 1 aliphatic carbocycles. The molecule has 0 spiro atoms. The lowest BCUT2D eigenvalue weighted by molar-refractivity contribution is -0.130. The van der Waals surface area contributed by atoms with Crippen molar-refractivity contribution in [3.8, 4) is 0 Å². The van der Waals surface area contributed by atoms with Gasteiger partial charge < -0.3 is 5.32 Å². The summed E-state index contributed by atoms with van der Waals surface area (Å²) in [5, 5.41) is 10.1. The Hall–Kier alpha value is -1.88. The number of amides is 1. The third-order valence-corrected chi connectivity index (χ3v) is 4.14. The number of carbonyl (C=O) groups is 1. The highest BCUT2D eigenvalue weighted by atomic mass is 35.5. The van der Waals surface area contributed by atoms with Gasteiger partial charge >= 0.3 is 0 Å². The molecule has 1 aliphatic rings. The average molecular weight is 291 g/mol. The molecule has 1 saturated carbocycles. The molecule has 0 aliphatic heterocycles. The molecule has 5 nitrogen and oxygen atoms in total. The van der Waals surface area contributed by atoms with Gasteiger partial charge in [0.1, 0.15) is 12.2 Å². The molecule has 2 N–H and O–H groups in total. The average Bonchev–Trinajstić information content (AvgIpc) is 2.88. The maximum Gasteiger partial charge on any atom is 0.231 e. The molecule has 1 aromatic carbocycles. The molecule has 0 bridgehead atoms. The number of nitrogens with one attached hydrogen (secondary N) is 2. The molecular formula is C14H15ClN4O. The summed E-state index contributed by atoms with van der Waals surface area (Å²) in [7, 11) is 0. The fourth-order valence-electron chi connectivity index (χ4n) is 2.61. The highest BCUT2D eigenvalue weighted by molar-refractivity contribution is 6.30. The van der Waals surface area contributed by atoms with Crippen LogP contribution in [0.3, 0.4) is 0 Å². The van der Waals surface area contributed by atoms with Gasteiger partial charge in [-0.25, -0.2) is 4.98 Å². The molecule has 1 amide bonds. The molecule has 6 heteroatoms. The standard InChI is InChI=1S/C14H15ClN4O/c15-11-4-1-3-10(7-11)14(5-2-6-14)13(20)16-8-12-17-9-18-19-12/h1,3-4,7,9H,2,5-6,8H2,(H,16,20)(H,17,18,19). The molecule has 20 heavy (non-hydrogen) atoms. The molecule has 0 saturated heterocycles. The molecule has 0 radical (unpaired) electrons. The van der Waals surface area contributed by atoms with Crippen LogP contribution in [0.2, 0.25) is 5.02 Å². The number of hydrogen-bond donors (Lipinski definition) is 2. The third-order valence-electron chi connectivity index (χ3n) is 3.90. The predicted octanol–water partition coefficient (Wildman–Crippen LogP) is 2.20. The minimum atomic E-state index is -0.440. The van der Waals surface area contributed by atoms with Gasteiger partial charge in [-0.2, -0.15) is 5.10 Å². The summed E-state index contributed by atoms with van der Waals surface area (Å²) in [6.07, 6.45) is 4.20. The SMILES string of the molecule is O=C(NCc1ncn[nH]1)C1(c2cccc(Cl)c2)CCC1. The number of hydrogen-bond acceptors (Lipinski definition) is 3. The first-order valence-corrected chi connectivity index (χ1v) is 6.97. The van der Waals surface area contributed by atoms with Gasteiger partial charge in [0.2, 0.25) is 5.91 Å². The highest BCUT2D eigenvalue weighted by Crippen LogP contribution is 2.44. The summed E-state index contributed by atoms with van der Waals surface area (Å²) >= 11 is 6.04. The van der Waals surface area contributed by atoms with Crippen molar-refractivity contribution in [2.45, 2.75) is 31.2 Å². The normalized spacial score (nSPS) is 16.4. The predicted molar refractivity (Wildman–Crippen MR) is 75.2 cm³/mol. The van der Waals surface area contributed by atoms with Gasteiger partial charge in [-0.3, -0.25) is 9.89 Å². The zero-order chi connectivity index (χ0) is 14.0. The van der Waals surface area contributed by atoms with Crippen LogP contribution in [-0.2, 0) is 16.8 Å². The van der Waals surface area contributed by atoms with Crippen molar-refractivity contribution >= 4 is 17.5 Å². The minimum Gasteiger partial charge on any atom is -0.348 e. The number of halogens is 1. The molecule has 104 valence electrons. The Morgan fingerprint density at radius 2 is 2.30 bits per heavy atom. The van der Waals surface area contributed by atoms with Crippen LogP contribution in [0.4, 0.5) is 0 Å². The largest absolute Gasteiger partial charge is 0.348 e. The molecular weight excluding hydrogens is 276 g/mol. The minimum absolute atomic E-state index is 0.0300. The lowest BCUT2D eigenvalue weighted by Gasteiger charge is -2.40. The molecule has 0 atom stereocenters. The summed E-state index contributed by atoms with van der Waals surface area (Å²) in [5.74, 6) is 0.682. The number of aromatic amines is 1. The van der Waals surface area contributed by atoms with Crippen LogP contribution in [0.5, 0.6) is 0 Å². The van der Waals surface area contributed by atoms with E-state index in [1.165, 1.54) is 6.33 Å². The number of rotatable bonds is 4. The summed E-state index contributed by atoms with van der Waals surface area (Å²) in [5.41, 5.74) is 0.552. The fraction of sp³-hybridized carbons (Fsp3) is 0.357. The van der Waals surface area contributed by atoms with E-state index in [1.54, 1.807) is 0 Å². The van der Waals surface area contributed by atoms with Crippen molar-refractivity contribution in [1.29, 1.82) is 0 Å². The Morgan fingerprint density at radius 1 is 1.45 bits per heavy atom. The van der Waals surface area contributed by atoms with Crippen LogP contribution >= 0.6 is 11.6 Å². The van der Waals surface area contributed by atoms with E-state index in [2.05, 4.69) is 20.5 Å². The molecule has 2 aromatic rings. The Labute approximate surface area is 121 Å². The second-order valence-corrected chi connectivity index (χ2v) is 5.50. The van der Waals surface area contributed by atoms with Crippen LogP contribution in [-0.4, -0.2) is 21.1 Å². The van der Waals surface area contributed by atoms with Crippen molar-refractivity contribution in [3.05, 3.63) is 47.0 Å². The second kappa shape index (κ2) is 5.25. The first-order chi connectivity index (χ1) is 9.71. The first kappa shape index (κ1) is 13.1. The van der Waals surface area contributed by atoms with Gasteiger partial charge in [-0.05, 0) is 30.5 Å². The summed E-state index contributed by atoms with van der Waals surface area (Å²) in [6, 6.07) is 7.57. The van der Waals surface area contributed by atoms with E-state index in [0.29, 0.717) is 17.4 Å². The van der Waals surface area contributed by atoms with Gasteiger partial charge in [0.05, 0.1) is 12.0 Å². The van der Waals surface area contributed by atoms with Crippen molar-refractivity contribution in [3.63, 3.8) is 0 Å². The van der Waals surface area contributed by atoms with E-state index in [9.17, 15) is 4.79 Å². The molecule has 1 heterocycles. The van der Waals surface area contributed by atoms with Crippen LogP contribution in [0.25, 0.3) is 0 Å². The number of benzene rings is 1. The Balaban J connectivity index is 1.76. The maximum atomic E-state index is 12.5. The van der Waals surface area contributed by atoms with Crippen molar-refractivity contribution in [2.75, 3.05) is 0 Å². The molecule has 1 fully saturated rings. The van der Waals surface area contributed by atoms with E-state index >= 15 is 0 Å². The number of nitrogens with zero attached hydrogens (tertiary/aromatic N) is 2. The van der Waals surface area contributed by atoms with Gasteiger partial charge in [-0.15, -0.1) is 0 Å². The van der Waals surface area contributed by atoms with Crippen LogP contribution in [0.1, 0.15) is 30.7 Å². The maximum absolute atomic E-state index is 12.5. The molecule has 1 aromatic heterocycles. The third kappa shape index (κ3) is 2.29. The Kier molecular flexibility index (Phi) is 3.44. The van der Waals surface area contributed by atoms with E-state index in [1.807, 2.05) is 24.3 Å². The fourth-order valence-corrected chi connectivity index (χ4v) is 2.80. The zero-order valence-electron chi connectivity index (χ0n) is 10.9. The first-order valence-electron chi connectivity index (χ1n) is 6.59. The Bertz CT molecular complexity index is 607. The number of carbonyl (C=O) groups excluding carboxylic acids is 1. The quantitative estimate of drug-likeness (QED) is 0.907. The van der Waals surface area contributed by atoms with Crippen molar-refractivity contribution in [1.82, 2.24) is 20.5 Å². The number of aromatic nitrogens is 3. The lowest BCUT2D eigenvalue weighted by Crippen LogP contribution is -2.49. The van der Waals surface area contributed by atoms with Crippen molar-refractivity contribution < 1.29 is 4.79 Å². The monoisotopic (exact) mass is 290 g/mol. The summed E-state index contributed by atoms with van der Waals surface area (Å²) in [4.78, 5) is 16.5. The zero-order valence-corrected chi connectivity index (χ0v) is 11.7. The van der Waals surface area contributed by atoms with Gasteiger partial charge in [0.15, 0.2) is 0 Å². The molecule has 3 rings (SSSR count). The number of H-pyrrole nitrogens is 1. The summed E-state index contributed by atoms with van der Waals surface area (Å²) < 4.78 is 0. The smallest absolute Gasteiger partial charge is 0.231 e. The van der Waals surface area contributed by atoms with Gasteiger partial charge in [-0.1, -0.05) is 30.2 Å². The van der Waals surface area contributed by atoms with Crippen LogP contribution in [0.15, 0.2) is 30.6 Å². The lowest BCUT2D eigenvalue weighted by atomic mass is 9.64. The topological polar surface area (TPSA) is 70.7 Å². The van der Waals surface area contributed by atoms with E-state index in [0.717, 1.165) is 24.8 Å². The van der Waals surface area contributed by atoms with E-state index in [-0.39, 0.29) is 5.91 Å². The van der Waals surface area contributed by atoms with Crippen LogP contribution in [0, 0.1) is 0 Å². The summed E-state index contributed by atoms with van der Waals surface area (Å²) in [6.45, 7) is 0.362. The van der Waals surface area contributed by atoms with Crippen molar-refractivity contribution in [2.24, 2.45) is 0 Å². The van der Waals surface area contributed by atoms with Gasteiger partial charge in [0.25, 0.3) is 0 Å². The van der Waals surface area contributed by atoms with Gasteiger partial charge in [0, 0.05) is 5.02 Å². The van der Waals surface area contributed by atoms with E-state index < -0.39 is 5.41 Å². The van der Waals surface area contributed by atoms with E-state index in [4.69, 9.17) is 11.6 Å². The Morgan fingerprint density at radius 3 is 2.90 bits per heavy atom. The highest BCUT2D eigenvalue weighted by Gasteiger charge is 2.45. The second-order valence-electron chi connectivity index (χ2n) is 5.06. The van der Waals surface area contributed by atoms with Crippen LogP contribution < -0.4 is 5.32 Å². The molecule has 0 unspecified atom stereocenters.